The third kappa shape index (κ3) is 3.21. The van der Waals surface area contributed by atoms with Crippen LogP contribution in [0.15, 0.2) is 24.3 Å². The highest BCUT2D eigenvalue weighted by molar-refractivity contribution is 5.83. The number of H-pyrrole nitrogens is 1. The number of hydrogen-bond donors (Lipinski definition) is 2. The zero-order valence-corrected chi connectivity index (χ0v) is 14.5. The molecule has 0 spiro atoms. The van der Waals surface area contributed by atoms with E-state index in [0.29, 0.717) is 13.1 Å². The number of fused-ring (bicyclic) bond motifs is 2. The van der Waals surface area contributed by atoms with E-state index in [1.54, 1.807) is 0 Å². The Hall–Kier alpha value is -2.50. The Morgan fingerprint density at radius 3 is 3.08 bits per heavy atom. The molecule has 0 radical (unpaired) electrons. The number of nitrogens with one attached hydrogen (secondary N) is 2. The molecular weight excluding hydrogens is 316 g/mol. The summed E-state index contributed by atoms with van der Waals surface area (Å²) in [5, 5.41) is 10.6. The smallest absolute Gasteiger partial charge is 0.263 e. The normalized spacial score (nSPS) is 19.4. The molecule has 2 aliphatic rings. The minimum atomic E-state index is -0.502. The van der Waals surface area contributed by atoms with Gasteiger partial charge in [0.05, 0.1) is 24.5 Å². The van der Waals surface area contributed by atoms with Crippen LogP contribution in [-0.4, -0.2) is 35.8 Å². The highest BCUT2D eigenvalue weighted by Crippen LogP contribution is 2.31. The molecule has 0 saturated heterocycles. The van der Waals surface area contributed by atoms with Gasteiger partial charge in [-0.2, -0.15) is 5.10 Å². The summed E-state index contributed by atoms with van der Waals surface area (Å²) in [4.78, 5) is 14.6. The van der Waals surface area contributed by atoms with Crippen molar-refractivity contribution in [3.8, 4) is 5.75 Å². The minimum Gasteiger partial charge on any atom is -0.477 e. The van der Waals surface area contributed by atoms with Gasteiger partial charge in [-0.3, -0.25) is 9.89 Å². The molecule has 1 amide bonds. The number of carbonyl (C=O) groups is 1. The average Bonchev–Trinajstić information content (AvgIpc) is 2.86. The number of rotatable bonds is 3. The van der Waals surface area contributed by atoms with E-state index in [4.69, 9.17) is 4.74 Å². The van der Waals surface area contributed by atoms with Gasteiger partial charge < -0.3 is 15.0 Å². The maximum absolute atomic E-state index is 12.6. The number of para-hydroxylation sites is 2. The number of ether oxygens (including phenoxy) is 1. The van der Waals surface area contributed by atoms with Crippen molar-refractivity contribution in [2.24, 2.45) is 0 Å². The molecule has 1 aliphatic heterocycles. The van der Waals surface area contributed by atoms with Crippen LogP contribution in [0.4, 0.5) is 5.69 Å². The second-order valence-corrected chi connectivity index (χ2v) is 6.86. The predicted molar refractivity (Wildman–Crippen MR) is 95.8 cm³/mol. The van der Waals surface area contributed by atoms with Gasteiger partial charge in [-0.15, -0.1) is 0 Å². The maximum atomic E-state index is 12.6. The fourth-order valence-electron chi connectivity index (χ4n) is 3.70. The van der Waals surface area contributed by atoms with Crippen molar-refractivity contribution in [2.75, 3.05) is 18.5 Å². The largest absolute Gasteiger partial charge is 0.477 e. The molecule has 0 fully saturated rings. The van der Waals surface area contributed by atoms with Crippen molar-refractivity contribution in [3.05, 3.63) is 41.2 Å². The van der Waals surface area contributed by atoms with Crippen molar-refractivity contribution in [2.45, 2.75) is 44.8 Å². The number of aryl methyl sites for hydroxylation is 1. The fourth-order valence-corrected chi connectivity index (χ4v) is 3.70. The summed E-state index contributed by atoms with van der Waals surface area (Å²) in [5.74, 6) is 0.664. The summed E-state index contributed by atoms with van der Waals surface area (Å²) < 4.78 is 5.88. The molecule has 2 heterocycles. The van der Waals surface area contributed by atoms with E-state index in [9.17, 15) is 4.79 Å². The fraction of sp³-hybridized carbons (Fsp3) is 0.474. The van der Waals surface area contributed by atoms with Crippen molar-refractivity contribution in [3.63, 3.8) is 0 Å². The zero-order valence-electron chi connectivity index (χ0n) is 14.5. The Bertz CT molecular complexity index is 771. The lowest BCUT2D eigenvalue weighted by atomic mass is 10.1. The third-order valence-electron chi connectivity index (χ3n) is 5.10. The monoisotopic (exact) mass is 340 g/mol. The van der Waals surface area contributed by atoms with Gasteiger partial charge in [0.1, 0.15) is 5.75 Å². The first-order valence-electron chi connectivity index (χ1n) is 9.02. The molecule has 25 heavy (non-hydrogen) atoms. The number of amides is 1. The number of aromatic amines is 1. The number of benzene rings is 1. The summed E-state index contributed by atoms with van der Waals surface area (Å²) in [6, 6.07) is 7.80. The van der Waals surface area contributed by atoms with E-state index in [-0.39, 0.29) is 5.91 Å². The lowest BCUT2D eigenvalue weighted by Gasteiger charge is -2.32. The first-order valence-corrected chi connectivity index (χ1v) is 9.02. The molecule has 6 heteroatoms. The molecule has 132 valence electrons. The van der Waals surface area contributed by atoms with Crippen LogP contribution in [0.1, 0.15) is 36.2 Å². The van der Waals surface area contributed by atoms with Gasteiger partial charge >= 0.3 is 0 Å². The Morgan fingerprint density at radius 1 is 1.32 bits per heavy atom. The molecule has 2 N–H and O–H groups in total. The molecule has 4 rings (SSSR count). The van der Waals surface area contributed by atoms with Gasteiger partial charge in [0.15, 0.2) is 6.10 Å². The summed E-state index contributed by atoms with van der Waals surface area (Å²) in [6.07, 6.45) is 5.27. The average molecular weight is 340 g/mol. The molecule has 1 aromatic heterocycles. The Kier molecular flexibility index (Phi) is 4.34. The van der Waals surface area contributed by atoms with E-state index in [2.05, 4.69) is 20.4 Å². The van der Waals surface area contributed by atoms with Gasteiger partial charge in [-0.25, -0.2) is 0 Å². The molecule has 1 aliphatic carbocycles. The molecule has 0 bridgehead atoms. The molecule has 1 atom stereocenters. The first-order chi connectivity index (χ1) is 12.2. The van der Waals surface area contributed by atoms with Crippen LogP contribution < -0.4 is 15.0 Å². The molecule has 0 saturated carbocycles. The van der Waals surface area contributed by atoms with Crippen molar-refractivity contribution in [1.29, 1.82) is 0 Å². The topological polar surface area (TPSA) is 70.2 Å². The second-order valence-electron chi connectivity index (χ2n) is 6.86. The number of likely N-dealkylation sites (N-methyl/N-ethyl adjacent to an activating group) is 1. The second kappa shape index (κ2) is 6.78. The number of aromatic nitrogens is 2. The maximum Gasteiger partial charge on any atom is 0.263 e. The highest BCUT2D eigenvalue weighted by atomic mass is 16.5. The third-order valence-corrected chi connectivity index (χ3v) is 5.10. The van der Waals surface area contributed by atoms with Crippen LogP contribution in [0.2, 0.25) is 0 Å². The molecule has 2 aromatic rings. The van der Waals surface area contributed by atoms with Gasteiger partial charge in [-0.05, 0) is 43.4 Å². The highest BCUT2D eigenvalue weighted by Gasteiger charge is 2.29. The van der Waals surface area contributed by atoms with Crippen LogP contribution in [0, 0.1) is 0 Å². The number of hydrogen-bond acceptors (Lipinski definition) is 4. The lowest BCUT2D eigenvalue weighted by molar-refractivity contribution is -0.128. The number of carbonyl (C=O) groups excluding carboxylic acids is 1. The van der Waals surface area contributed by atoms with Crippen molar-refractivity contribution < 1.29 is 9.53 Å². The van der Waals surface area contributed by atoms with Gasteiger partial charge in [0, 0.05) is 12.7 Å². The molecule has 6 nitrogen and oxygen atoms in total. The minimum absolute atomic E-state index is 0.0910. The van der Waals surface area contributed by atoms with Gasteiger partial charge in [-0.1, -0.05) is 18.6 Å². The summed E-state index contributed by atoms with van der Waals surface area (Å²) in [7, 11) is 1.98. The van der Waals surface area contributed by atoms with Crippen LogP contribution in [0.3, 0.4) is 0 Å². The molecule has 1 unspecified atom stereocenters. The van der Waals surface area contributed by atoms with Crippen LogP contribution in [-0.2, 0) is 24.2 Å². The van der Waals surface area contributed by atoms with E-state index in [1.165, 1.54) is 30.5 Å². The lowest BCUT2D eigenvalue weighted by Crippen LogP contribution is -2.47. The number of nitrogens with zero attached hydrogens (tertiary/aromatic N) is 2. The van der Waals surface area contributed by atoms with E-state index in [1.807, 2.05) is 31.3 Å². The number of anilines is 1. The summed E-state index contributed by atoms with van der Waals surface area (Å²) in [5.41, 5.74) is 4.52. The standard InChI is InChI=1S/C19H24N4O2/c1-23-12-18(25-17-10-6-5-9-16(17)23)19(24)20-11-15-13-7-3-2-4-8-14(13)21-22-15/h5-6,9-10,18H,2-4,7-8,11-12H2,1H3,(H,20,24)(H,21,22). The SMILES string of the molecule is CN1CC(C(=O)NCc2n[nH]c3c2CCCCC3)Oc2ccccc21. The van der Waals surface area contributed by atoms with E-state index < -0.39 is 6.10 Å². The Balaban J connectivity index is 1.41. The summed E-state index contributed by atoms with van der Waals surface area (Å²) >= 11 is 0. The van der Waals surface area contributed by atoms with E-state index in [0.717, 1.165) is 30.0 Å². The van der Waals surface area contributed by atoms with Gasteiger partial charge in [0.25, 0.3) is 5.91 Å². The Labute approximate surface area is 147 Å². The van der Waals surface area contributed by atoms with Gasteiger partial charge in [0.2, 0.25) is 0 Å². The zero-order chi connectivity index (χ0) is 17.2. The Morgan fingerprint density at radius 2 is 2.16 bits per heavy atom. The van der Waals surface area contributed by atoms with Crippen molar-refractivity contribution in [1.82, 2.24) is 15.5 Å². The quantitative estimate of drug-likeness (QED) is 0.841. The van der Waals surface area contributed by atoms with Crippen LogP contribution in [0.25, 0.3) is 0 Å². The predicted octanol–water partition coefficient (Wildman–Crippen LogP) is 2.19. The van der Waals surface area contributed by atoms with Crippen LogP contribution >= 0.6 is 0 Å². The van der Waals surface area contributed by atoms with E-state index >= 15 is 0 Å². The van der Waals surface area contributed by atoms with Crippen molar-refractivity contribution >= 4 is 11.6 Å². The first kappa shape index (κ1) is 16.0. The molecular formula is C19H24N4O2. The van der Waals surface area contributed by atoms with Crippen LogP contribution in [0.5, 0.6) is 5.75 Å². The summed E-state index contributed by atoms with van der Waals surface area (Å²) in [6.45, 7) is 0.997. The molecule has 1 aromatic carbocycles.